The molecule has 0 saturated carbocycles. The molecule has 88 valence electrons. The van der Waals surface area contributed by atoms with E-state index in [1.165, 1.54) is 0 Å². The lowest BCUT2D eigenvalue weighted by Crippen LogP contribution is -2.53. The lowest BCUT2D eigenvalue weighted by molar-refractivity contribution is -0.395. The Morgan fingerprint density at radius 2 is 1.80 bits per heavy atom. The predicted octanol–water partition coefficient (Wildman–Crippen LogP) is 1.48. The van der Waals surface area contributed by atoms with Crippen LogP contribution in [0.1, 0.15) is 39.0 Å². The van der Waals surface area contributed by atoms with Crippen molar-refractivity contribution in [3.05, 3.63) is 0 Å². The molecule has 0 amide bonds. The van der Waals surface area contributed by atoms with Crippen molar-refractivity contribution in [2.45, 2.75) is 50.8 Å². The van der Waals surface area contributed by atoms with Gasteiger partial charge in [-0.05, 0) is 6.42 Å². The zero-order chi connectivity index (χ0) is 11.2. The summed E-state index contributed by atoms with van der Waals surface area (Å²) in [5, 5.41) is 19.3. The fourth-order valence-corrected chi connectivity index (χ4v) is 3.28. The molecule has 7 heteroatoms. The fourth-order valence-electron chi connectivity index (χ4n) is 1.73. The van der Waals surface area contributed by atoms with Crippen LogP contribution < -0.4 is 0 Å². The number of rotatable bonds is 5. The van der Waals surface area contributed by atoms with Gasteiger partial charge in [0, 0.05) is 6.42 Å². The van der Waals surface area contributed by atoms with E-state index < -0.39 is 19.6 Å². The van der Waals surface area contributed by atoms with Gasteiger partial charge in [-0.1, -0.05) is 26.2 Å². The maximum Gasteiger partial charge on any atom is 0.486 e. The molecule has 3 saturated heterocycles. The van der Waals surface area contributed by atoms with E-state index in [-0.39, 0.29) is 6.42 Å². The summed E-state index contributed by atoms with van der Waals surface area (Å²) < 4.78 is 24.9. The first-order chi connectivity index (χ1) is 6.93. The fraction of sp³-hybridized carbons (Fsp3) is 1.00. The van der Waals surface area contributed by atoms with Crippen molar-refractivity contribution in [2.75, 3.05) is 0 Å². The highest BCUT2D eigenvalue weighted by Gasteiger charge is 2.79. The average Bonchev–Trinajstić information content (AvgIpc) is 2.39. The lowest BCUT2D eigenvalue weighted by atomic mass is 10.0. The molecule has 0 aliphatic carbocycles. The van der Waals surface area contributed by atoms with Crippen LogP contribution in [0, 0.1) is 0 Å². The van der Waals surface area contributed by atoms with Gasteiger partial charge in [0.15, 0.2) is 0 Å². The highest BCUT2D eigenvalue weighted by molar-refractivity contribution is 7.50. The zero-order valence-electron chi connectivity index (χ0n) is 8.51. The number of phosphoric ester groups is 1. The molecule has 0 aromatic heterocycles. The van der Waals surface area contributed by atoms with Crippen LogP contribution in [0.25, 0.3) is 0 Å². The van der Waals surface area contributed by atoms with Gasteiger partial charge >= 0.3 is 13.8 Å². The van der Waals surface area contributed by atoms with E-state index in [1.807, 2.05) is 0 Å². The van der Waals surface area contributed by atoms with Crippen molar-refractivity contribution in [2.24, 2.45) is 0 Å². The van der Waals surface area contributed by atoms with Gasteiger partial charge in [0.1, 0.15) is 0 Å². The van der Waals surface area contributed by atoms with Gasteiger partial charge in [-0.15, -0.1) is 0 Å². The van der Waals surface area contributed by atoms with Gasteiger partial charge in [0.25, 0.3) is 5.79 Å². The highest BCUT2D eigenvalue weighted by Crippen LogP contribution is 2.76. The molecular formula is C8H15O6P. The summed E-state index contributed by atoms with van der Waals surface area (Å²) in [7, 11) is -3.64. The van der Waals surface area contributed by atoms with Gasteiger partial charge in [0.2, 0.25) is 0 Å². The van der Waals surface area contributed by atoms with E-state index in [0.717, 1.165) is 19.3 Å². The first-order valence-corrected chi connectivity index (χ1v) is 6.56. The van der Waals surface area contributed by atoms with Crippen molar-refractivity contribution in [3.63, 3.8) is 0 Å². The third-order valence-electron chi connectivity index (χ3n) is 2.60. The molecule has 1 atom stereocenters. The van der Waals surface area contributed by atoms with Crippen molar-refractivity contribution in [1.82, 2.24) is 0 Å². The summed E-state index contributed by atoms with van der Waals surface area (Å²) in [4.78, 5) is 0. The number of phosphoric acid groups is 1. The summed E-state index contributed by atoms with van der Waals surface area (Å²) in [6.45, 7) is 2.07. The topological polar surface area (TPSA) is 85.2 Å². The Kier molecular flexibility index (Phi) is 2.70. The van der Waals surface area contributed by atoms with E-state index in [1.54, 1.807) is 0 Å². The SMILES string of the molecule is CCCCCCC1(O)OP2(=O)OC1(O)O2. The smallest absolute Gasteiger partial charge is 0.359 e. The molecule has 0 aromatic rings. The second kappa shape index (κ2) is 3.52. The molecule has 0 spiro atoms. The second-order valence-electron chi connectivity index (χ2n) is 3.90. The Bertz CT molecular complexity index is 296. The van der Waals surface area contributed by atoms with E-state index in [2.05, 4.69) is 16.0 Å². The van der Waals surface area contributed by atoms with Crippen LogP contribution in [-0.4, -0.2) is 22.0 Å². The Morgan fingerprint density at radius 3 is 2.27 bits per heavy atom. The normalized spacial score (nSPS) is 47.9. The molecule has 3 rings (SSSR count). The Balaban J connectivity index is 1.89. The van der Waals surface area contributed by atoms with Crippen LogP contribution in [0.5, 0.6) is 0 Å². The standard InChI is InChI=1S/C8H15O6P/c1-2-3-4-5-6-7(9)8(10)13-15(11,12-7)14-8/h9-10H,2-6H2,1H3. The van der Waals surface area contributed by atoms with Crippen LogP contribution in [0.2, 0.25) is 0 Å². The molecule has 2 bridgehead atoms. The average molecular weight is 238 g/mol. The summed E-state index contributed by atoms with van der Waals surface area (Å²) in [5.74, 6) is -4.20. The lowest BCUT2D eigenvalue weighted by Gasteiger charge is -2.33. The summed E-state index contributed by atoms with van der Waals surface area (Å²) >= 11 is 0. The van der Waals surface area contributed by atoms with E-state index in [4.69, 9.17) is 4.52 Å². The van der Waals surface area contributed by atoms with E-state index >= 15 is 0 Å². The van der Waals surface area contributed by atoms with Gasteiger partial charge in [0.05, 0.1) is 0 Å². The molecule has 3 fully saturated rings. The maximum absolute atomic E-state index is 11.2. The van der Waals surface area contributed by atoms with Gasteiger partial charge in [-0.25, -0.2) is 18.1 Å². The Morgan fingerprint density at radius 1 is 1.13 bits per heavy atom. The Hall–Kier alpha value is 0.0300. The van der Waals surface area contributed by atoms with Crippen molar-refractivity contribution in [3.8, 4) is 0 Å². The second-order valence-corrected chi connectivity index (χ2v) is 5.34. The van der Waals surface area contributed by atoms with Gasteiger partial charge < -0.3 is 10.2 Å². The summed E-state index contributed by atoms with van der Waals surface area (Å²) in [5.41, 5.74) is 0. The highest BCUT2D eigenvalue weighted by atomic mass is 31.2. The number of hydrogen-bond donors (Lipinski definition) is 2. The van der Waals surface area contributed by atoms with Crippen LogP contribution in [0.4, 0.5) is 0 Å². The maximum atomic E-state index is 11.2. The monoisotopic (exact) mass is 238 g/mol. The van der Waals surface area contributed by atoms with Crippen molar-refractivity contribution in [1.29, 1.82) is 0 Å². The Labute approximate surface area is 87.8 Å². The third-order valence-corrected chi connectivity index (χ3v) is 4.06. The van der Waals surface area contributed by atoms with Crippen LogP contribution in [0.3, 0.4) is 0 Å². The van der Waals surface area contributed by atoms with Crippen LogP contribution in [0.15, 0.2) is 0 Å². The quantitative estimate of drug-likeness (QED) is 0.557. The van der Waals surface area contributed by atoms with Crippen LogP contribution >= 0.6 is 7.82 Å². The van der Waals surface area contributed by atoms with Crippen molar-refractivity contribution >= 4 is 7.82 Å². The molecule has 0 radical (unpaired) electrons. The predicted molar refractivity (Wildman–Crippen MR) is 49.5 cm³/mol. The van der Waals surface area contributed by atoms with E-state index in [9.17, 15) is 14.8 Å². The molecular weight excluding hydrogens is 223 g/mol. The minimum atomic E-state index is -3.64. The molecule has 6 nitrogen and oxygen atoms in total. The number of hydrogen-bond acceptors (Lipinski definition) is 6. The summed E-state index contributed by atoms with van der Waals surface area (Å²) in [6, 6.07) is 0. The van der Waals surface area contributed by atoms with Gasteiger partial charge in [-0.2, -0.15) is 0 Å². The first kappa shape index (κ1) is 11.5. The molecule has 3 aliphatic heterocycles. The minimum absolute atomic E-state index is 0.146. The number of fused-ring (bicyclic) bond motifs is 1. The third kappa shape index (κ3) is 1.75. The number of unbranched alkanes of at least 4 members (excludes halogenated alkanes) is 3. The van der Waals surface area contributed by atoms with Gasteiger partial charge in [-0.3, -0.25) is 0 Å². The zero-order valence-corrected chi connectivity index (χ0v) is 9.40. The molecule has 2 N–H and O–H groups in total. The van der Waals surface area contributed by atoms with Crippen molar-refractivity contribution < 1.29 is 28.3 Å². The first-order valence-electron chi connectivity index (χ1n) is 5.10. The largest absolute Gasteiger partial charge is 0.486 e. The molecule has 0 aromatic carbocycles. The summed E-state index contributed by atoms with van der Waals surface area (Å²) in [6.07, 6.45) is 3.80. The molecule has 15 heavy (non-hydrogen) atoms. The number of aliphatic hydroxyl groups is 2. The molecule has 3 aliphatic rings. The van der Waals surface area contributed by atoms with Crippen LogP contribution in [-0.2, 0) is 18.1 Å². The van der Waals surface area contributed by atoms with E-state index in [0.29, 0.717) is 6.42 Å². The minimum Gasteiger partial charge on any atom is -0.359 e. The molecule has 1 unspecified atom stereocenters. The molecule has 3 heterocycles.